The molecular formula is C24H29FN2O4. The molecule has 2 aromatic carbocycles. The molecular weight excluding hydrogens is 399 g/mol. The Morgan fingerprint density at radius 3 is 2.81 bits per heavy atom. The first-order valence-corrected chi connectivity index (χ1v) is 10.7. The van der Waals surface area contributed by atoms with Crippen molar-refractivity contribution in [3.8, 4) is 5.75 Å². The minimum Gasteiger partial charge on any atom is -0.494 e. The molecule has 2 N–H and O–H groups in total. The number of carbonyl (C=O) groups is 2. The Morgan fingerprint density at radius 1 is 1.23 bits per heavy atom. The van der Waals surface area contributed by atoms with Gasteiger partial charge < -0.3 is 20.1 Å². The topological polar surface area (TPSA) is 78.9 Å². The van der Waals surface area contributed by atoms with Gasteiger partial charge in [-0.05, 0) is 42.2 Å². The van der Waals surface area contributed by atoms with Gasteiger partial charge in [0, 0.05) is 19.5 Å². The zero-order valence-electron chi connectivity index (χ0n) is 17.7. The number of halogens is 1. The smallest absolute Gasteiger partial charge is 0.242 e. The Morgan fingerprint density at radius 2 is 2.03 bits per heavy atom. The van der Waals surface area contributed by atoms with Gasteiger partial charge in [0.15, 0.2) is 0 Å². The molecule has 166 valence electrons. The SMILES string of the molecule is CCCOc1cccc(CCNC(=O)C2CC(O)CN2C(=O)Cc2ccccc2F)c1. The van der Waals surface area contributed by atoms with Crippen molar-refractivity contribution in [1.82, 2.24) is 10.2 Å². The van der Waals surface area contributed by atoms with E-state index in [1.807, 2.05) is 31.2 Å². The third kappa shape index (κ3) is 6.28. The molecule has 1 fully saturated rings. The van der Waals surface area contributed by atoms with E-state index in [-0.39, 0.29) is 36.8 Å². The standard InChI is InChI=1S/C24H29FN2O4/c1-2-12-31-20-8-5-6-17(13-20)10-11-26-24(30)22-15-19(28)16-27(22)23(29)14-18-7-3-4-9-21(18)25/h3-9,13,19,22,28H,2,10-12,14-16H2,1H3,(H,26,30). The zero-order valence-corrected chi connectivity index (χ0v) is 17.7. The molecule has 0 bridgehead atoms. The maximum absolute atomic E-state index is 13.9. The second kappa shape index (κ2) is 10.9. The fraction of sp³-hybridized carbons (Fsp3) is 0.417. The third-order valence-corrected chi connectivity index (χ3v) is 5.29. The molecule has 0 aromatic heterocycles. The van der Waals surface area contributed by atoms with Gasteiger partial charge in [0.25, 0.3) is 0 Å². The lowest BCUT2D eigenvalue weighted by Gasteiger charge is -2.24. The predicted octanol–water partition coefficient (Wildman–Crippen LogP) is 2.48. The molecule has 0 radical (unpaired) electrons. The van der Waals surface area contributed by atoms with Crippen molar-refractivity contribution in [1.29, 1.82) is 0 Å². The number of nitrogens with one attached hydrogen (secondary N) is 1. The molecule has 2 aromatic rings. The molecule has 31 heavy (non-hydrogen) atoms. The van der Waals surface area contributed by atoms with E-state index in [2.05, 4.69) is 5.32 Å². The van der Waals surface area contributed by atoms with Gasteiger partial charge >= 0.3 is 0 Å². The van der Waals surface area contributed by atoms with E-state index in [0.717, 1.165) is 17.7 Å². The summed E-state index contributed by atoms with van der Waals surface area (Å²) in [5, 5.41) is 12.9. The maximum Gasteiger partial charge on any atom is 0.242 e. The summed E-state index contributed by atoms with van der Waals surface area (Å²) in [6.45, 7) is 3.17. The van der Waals surface area contributed by atoms with E-state index in [1.54, 1.807) is 18.2 Å². The van der Waals surface area contributed by atoms with Crippen LogP contribution in [-0.2, 0) is 22.4 Å². The summed E-state index contributed by atoms with van der Waals surface area (Å²) < 4.78 is 19.5. The van der Waals surface area contributed by atoms with Crippen molar-refractivity contribution in [2.75, 3.05) is 19.7 Å². The van der Waals surface area contributed by atoms with Crippen LogP contribution < -0.4 is 10.1 Å². The van der Waals surface area contributed by atoms with Gasteiger partial charge in [-0.2, -0.15) is 0 Å². The Labute approximate surface area is 182 Å². The minimum absolute atomic E-state index is 0.0716. The average Bonchev–Trinajstić information content (AvgIpc) is 3.16. The number of benzene rings is 2. The molecule has 7 heteroatoms. The van der Waals surface area contributed by atoms with Gasteiger partial charge in [-0.1, -0.05) is 37.3 Å². The van der Waals surface area contributed by atoms with E-state index >= 15 is 0 Å². The second-order valence-corrected chi connectivity index (χ2v) is 7.76. The molecule has 0 spiro atoms. The lowest BCUT2D eigenvalue weighted by molar-refractivity contribution is -0.138. The highest BCUT2D eigenvalue weighted by molar-refractivity contribution is 5.89. The molecule has 1 aliphatic rings. The van der Waals surface area contributed by atoms with Crippen molar-refractivity contribution < 1.29 is 23.8 Å². The van der Waals surface area contributed by atoms with Crippen LogP contribution in [0.5, 0.6) is 5.75 Å². The number of ether oxygens (including phenoxy) is 1. The zero-order chi connectivity index (χ0) is 22.2. The van der Waals surface area contributed by atoms with Crippen molar-refractivity contribution in [2.24, 2.45) is 0 Å². The highest BCUT2D eigenvalue weighted by Crippen LogP contribution is 2.20. The van der Waals surface area contributed by atoms with Crippen LogP contribution >= 0.6 is 0 Å². The summed E-state index contributed by atoms with van der Waals surface area (Å²) >= 11 is 0. The third-order valence-electron chi connectivity index (χ3n) is 5.29. The number of hydrogen-bond donors (Lipinski definition) is 2. The average molecular weight is 429 g/mol. The first-order valence-electron chi connectivity index (χ1n) is 10.7. The first-order chi connectivity index (χ1) is 15.0. The largest absolute Gasteiger partial charge is 0.494 e. The van der Waals surface area contributed by atoms with E-state index < -0.39 is 18.0 Å². The summed E-state index contributed by atoms with van der Waals surface area (Å²) in [6.07, 6.45) is 0.809. The van der Waals surface area contributed by atoms with Crippen molar-refractivity contribution in [3.63, 3.8) is 0 Å². The molecule has 0 aliphatic carbocycles. The van der Waals surface area contributed by atoms with Crippen LogP contribution in [0.15, 0.2) is 48.5 Å². The van der Waals surface area contributed by atoms with Gasteiger partial charge in [0.05, 0.1) is 19.1 Å². The number of hydrogen-bond acceptors (Lipinski definition) is 4. The Balaban J connectivity index is 1.55. The van der Waals surface area contributed by atoms with Gasteiger partial charge in [0.1, 0.15) is 17.6 Å². The Kier molecular flexibility index (Phi) is 8.00. The van der Waals surface area contributed by atoms with Gasteiger partial charge in [-0.3, -0.25) is 9.59 Å². The first kappa shape index (κ1) is 22.7. The van der Waals surface area contributed by atoms with Crippen LogP contribution in [-0.4, -0.2) is 53.7 Å². The van der Waals surface area contributed by atoms with E-state index in [9.17, 15) is 19.1 Å². The van der Waals surface area contributed by atoms with Crippen LogP contribution in [0.25, 0.3) is 0 Å². The van der Waals surface area contributed by atoms with Gasteiger partial charge in [0.2, 0.25) is 11.8 Å². The van der Waals surface area contributed by atoms with Crippen molar-refractivity contribution in [2.45, 2.75) is 44.8 Å². The molecule has 1 heterocycles. The second-order valence-electron chi connectivity index (χ2n) is 7.76. The molecule has 1 aliphatic heterocycles. The van der Waals surface area contributed by atoms with Crippen LogP contribution in [0.2, 0.25) is 0 Å². The van der Waals surface area contributed by atoms with Crippen LogP contribution in [0.4, 0.5) is 4.39 Å². The summed E-state index contributed by atoms with van der Waals surface area (Å²) in [7, 11) is 0. The molecule has 6 nitrogen and oxygen atoms in total. The van der Waals surface area contributed by atoms with Gasteiger partial charge in [-0.15, -0.1) is 0 Å². The number of likely N-dealkylation sites (tertiary alicyclic amines) is 1. The Hall–Kier alpha value is -2.93. The fourth-order valence-electron chi connectivity index (χ4n) is 3.70. The highest BCUT2D eigenvalue weighted by atomic mass is 19.1. The summed E-state index contributed by atoms with van der Waals surface area (Å²) in [5.74, 6) is -0.337. The lowest BCUT2D eigenvalue weighted by Crippen LogP contribution is -2.46. The Bertz CT molecular complexity index is 905. The number of nitrogens with zero attached hydrogens (tertiary/aromatic N) is 1. The quantitative estimate of drug-likeness (QED) is 0.643. The lowest BCUT2D eigenvalue weighted by atomic mass is 10.1. The van der Waals surface area contributed by atoms with E-state index in [4.69, 9.17) is 4.74 Å². The maximum atomic E-state index is 13.9. The number of β-amino-alcohol motifs (C(OH)–C–C–N with tert-alkyl or cyclic N) is 1. The molecule has 2 unspecified atom stereocenters. The van der Waals surface area contributed by atoms with Crippen molar-refractivity contribution >= 4 is 11.8 Å². The van der Waals surface area contributed by atoms with E-state index in [0.29, 0.717) is 19.6 Å². The van der Waals surface area contributed by atoms with Gasteiger partial charge in [-0.25, -0.2) is 4.39 Å². The van der Waals surface area contributed by atoms with E-state index in [1.165, 1.54) is 11.0 Å². The number of rotatable bonds is 9. The summed E-state index contributed by atoms with van der Waals surface area (Å²) in [6, 6.07) is 13.0. The number of carbonyl (C=O) groups excluding carboxylic acids is 2. The molecule has 0 saturated carbocycles. The molecule has 1 saturated heterocycles. The van der Waals surface area contributed by atoms with Crippen molar-refractivity contribution in [3.05, 3.63) is 65.5 Å². The number of amides is 2. The summed E-state index contributed by atoms with van der Waals surface area (Å²) in [5.41, 5.74) is 1.31. The minimum atomic E-state index is -0.771. The predicted molar refractivity (Wildman–Crippen MR) is 115 cm³/mol. The van der Waals surface area contributed by atoms with Crippen LogP contribution in [0.3, 0.4) is 0 Å². The fourth-order valence-corrected chi connectivity index (χ4v) is 3.70. The normalized spacial score (nSPS) is 18.1. The van der Waals surface area contributed by atoms with Crippen LogP contribution in [0, 0.1) is 5.82 Å². The molecule has 2 atom stereocenters. The molecule has 2 amide bonds. The summed E-state index contributed by atoms with van der Waals surface area (Å²) in [4.78, 5) is 26.8. The molecule has 3 rings (SSSR count). The number of aliphatic hydroxyl groups excluding tert-OH is 1. The van der Waals surface area contributed by atoms with Crippen LogP contribution in [0.1, 0.15) is 30.9 Å². The highest BCUT2D eigenvalue weighted by Gasteiger charge is 2.38. The monoisotopic (exact) mass is 428 g/mol. The number of aliphatic hydroxyl groups is 1.